The van der Waals surface area contributed by atoms with Crippen molar-refractivity contribution >= 4 is 32.7 Å². The smallest absolute Gasteiger partial charge is 0.260 e. The lowest BCUT2D eigenvalue weighted by Gasteiger charge is -2.39. The number of fused-ring (bicyclic) bond motifs is 2. The number of carbonyl (C=O) groups excluding carboxylic acids is 1. The number of anilines is 1. The van der Waals surface area contributed by atoms with E-state index >= 15 is 4.39 Å². The fourth-order valence-electron chi connectivity index (χ4n) is 5.65. The molecule has 2 atom stereocenters. The molecular formula is C28H30F2N4O4S. The Morgan fingerprint density at radius 1 is 1.21 bits per heavy atom. The average Bonchev–Trinajstić information content (AvgIpc) is 3.16. The number of aromatic nitrogens is 1. The molecule has 0 saturated carbocycles. The van der Waals surface area contributed by atoms with E-state index in [-0.39, 0.29) is 35.2 Å². The highest BCUT2D eigenvalue weighted by atomic mass is 32.2. The van der Waals surface area contributed by atoms with Crippen LogP contribution in [-0.2, 0) is 21.7 Å². The number of hydrogen-bond acceptors (Lipinski definition) is 6. The van der Waals surface area contributed by atoms with Gasteiger partial charge in [-0.25, -0.2) is 17.2 Å². The fourth-order valence-corrected chi connectivity index (χ4v) is 6.45. The molecule has 1 aliphatic carbocycles. The highest BCUT2D eigenvalue weighted by Crippen LogP contribution is 2.47. The van der Waals surface area contributed by atoms with Crippen molar-refractivity contribution in [1.29, 1.82) is 0 Å². The molecule has 0 radical (unpaired) electrons. The van der Waals surface area contributed by atoms with Crippen molar-refractivity contribution in [2.75, 3.05) is 37.5 Å². The number of pyridine rings is 1. The Hall–Kier alpha value is -3.73. The number of carbonyl (C=O) groups is 1. The van der Waals surface area contributed by atoms with E-state index in [0.717, 1.165) is 17.9 Å². The molecule has 2 unspecified atom stereocenters. The maximum absolute atomic E-state index is 15.1. The van der Waals surface area contributed by atoms with E-state index in [2.05, 4.69) is 5.32 Å². The van der Waals surface area contributed by atoms with Crippen LogP contribution in [0.5, 0.6) is 0 Å². The van der Waals surface area contributed by atoms with Crippen molar-refractivity contribution in [3.05, 3.63) is 87.0 Å². The molecule has 1 aromatic heterocycles. The Balaban J connectivity index is 1.74. The van der Waals surface area contributed by atoms with Gasteiger partial charge in [0.25, 0.3) is 5.56 Å². The molecule has 3 heterocycles. The van der Waals surface area contributed by atoms with Gasteiger partial charge < -0.3 is 19.7 Å². The van der Waals surface area contributed by atoms with Crippen LogP contribution in [0.3, 0.4) is 0 Å². The van der Waals surface area contributed by atoms with Crippen LogP contribution in [0, 0.1) is 17.6 Å². The van der Waals surface area contributed by atoms with Crippen LogP contribution in [-0.4, -0.2) is 62.5 Å². The molecule has 2 aliphatic heterocycles. The minimum atomic E-state index is -3.47. The molecule has 8 nitrogen and oxygen atoms in total. The van der Waals surface area contributed by atoms with Crippen molar-refractivity contribution in [3.8, 4) is 0 Å². The molecule has 1 aromatic carbocycles. The van der Waals surface area contributed by atoms with Gasteiger partial charge in [-0.15, -0.1) is 0 Å². The van der Waals surface area contributed by atoms with Crippen LogP contribution >= 0.6 is 0 Å². The van der Waals surface area contributed by atoms with Crippen molar-refractivity contribution in [1.82, 2.24) is 14.8 Å². The van der Waals surface area contributed by atoms with E-state index in [0.29, 0.717) is 40.9 Å². The second-order valence-electron chi connectivity index (χ2n) is 10.5. The van der Waals surface area contributed by atoms with Crippen molar-refractivity contribution in [2.24, 2.45) is 13.0 Å². The highest BCUT2D eigenvalue weighted by Gasteiger charge is 2.44. The Morgan fingerprint density at radius 3 is 2.62 bits per heavy atom. The summed E-state index contributed by atoms with van der Waals surface area (Å²) < 4.78 is 55.2. The summed E-state index contributed by atoms with van der Waals surface area (Å²) >= 11 is 0. The van der Waals surface area contributed by atoms with E-state index in [9.17, 15) is 22.4 Å². The largest absolute Gasteiger partial charge is 0.384 e. The molecule has 0 spiro atoms. The zero-order valence-corrected chi connectivity index (χ0v) is 23.0. The van der Waals surface area contributed by atoms with Gasteiger partial charge in [-0.1, -0.05) is 0 Å². The maximum Gasteiger partial charge on any atom is 0.260 e. The fraction of sp³-hybridized carbons (Fsp3) is 0.357. The molecule has 5 rings (SSSR count). The van der Waals surface area contributed by atoms with Crippen LogP contribution in [0.2, 0.25) is 0 Å². The topological polar surface area (TPSA) is 91.7 Å². The second kappa shape index (κ2) is 9.78. The Bertz CT molecular complexity index is 1640. The first-order valence-electron chi connectivity index (χ1n) is 12.6. The predicted molar refractivity (Wildman–Crippen MR) is 146 cm³/mol. The normalized spacial score (nSPS) is 20.0. The third-order valence-electron chi connectivity index (χ3n) is 7.47. The first-order chi connectivity index (χ1) is 18.4. The molecule has 0 fully saturated rings. The van der Waals surface area contributed by atoms with Crippen LogP contribution in [0.4, 0.5) is 14.5 Å². The number of rotatable bonds is 6. The van der Waals surface area contributed by atoms with Crippen LogP contribution < -0.4 is 15.8 Å². The molecule has 206 valence electrons. The van der Waals surface area contributed by atoms with E-state index in [1.165, 1.54) is 21.6 Å². The summed E-state index contributed by atoms with van der Waals surface area (Å²) in [6.45, 7) is 0.392. The lowest BCUT2D eigenvalue weighted by Crippen LogP contribution is -2.46. The molecule has 1 N–H and O–H groups in total. The van der Waals surface area contributed by atoms with Crippen LogP contribution in [0.25, 0.3) is 11.3 Å². The second-order valence-corrected chi connectivity index (χ2v) is 12.7. The lowest BCUT2D eigenvalue weighted by molar-refractivity contribution is -0.129. The summed E-state index contributed by atoms with van der Waals surface area (Å²) in [4.78, 5) is 29.2. The van der Waals surface area contributed by atoms with Gasteiger partial charge in [0.1, 0.15) is 11.6 Å². The highest BCUT2D eigenvalue weighted by molar-refractivity contribution is 7.91. The Labute approximate surface area is 225 Å². The summed E-state index contributed by atoms with van der Waals surface area (Å²) in [5.74, 6) is -1.96. The minimum Gasteiger partial charge on any atom is -0.384 e. The first-order valence-corrected chi connectivity index (χ1v) is 14.6. The molecular weight excluding hydrogens is 526 g/mol. The van der Waals surface area contributed by atoms with Gasteiger partial charge in [-0.2, -0.15) is 0 Å². The lowest BCUT2D eigenvalue weighted by atomic mass is 9.82. The third-order valence-corrected chi connectivity index (χ3v) is 8.30. The number of nitrogens with one attached hydrogen (secondary N) is 1. The number of nitrogens with zero attached hydrogens (tertiary/aromatic N) is 3. The molecule has 0 saturated heterocycles. The SMILES string of the molecule is CN(C)C(=O)CCC1CNC2=C3C(=CN(c4ccc(F)cc4F)C31)C=C(CS(C)(=O)=O)c1ccn(C)c(=O)c12. The molecule has 11 heteroatoms. The number of amides is 1. The van der Waals surface area contributed by atoms with Crippen molar-refractivity contribution in [2.45, 2.75) is 18.9 Å². The Morgan fingerprint density at radius 2 is 1.95 bits per heavy atom. The zero-order chi connectivity index (χ0) is 28.2. The van der Waals surface area contributed by atoms with E-state index in [1.807, 2.05) is 0 Å². The molecule has 2 aromatic rings. The monoisotopic (exact) mass is 556 g/mol. The number of aryl methyl sites for hydroxylation is 1. The van der Waals surface area contributed by atoms with Crippen LogP contribution in [0.15, 0.2) is 58.7 Å². The number of sulfone groups is 1. The number of benzene rings is 1. The summed E-state index contributed by atoms with van der Waals surface area (Å²) in [5, 5.41) is 3.41. The summed E-state index contributed by atoms with van der Waals surface area (Å²) in [5.41, 5.74) is 3.09. The summed E-state index contributed by atoms with van der Waals surface area (Å²) in [7, 11) is 1.52. The van der Waals surface area contributed by atoms with Gasteiger partial charge in [-0.05, 0) is 47.4 Å². The molecule has 1 amide bonds. The number of halogens is 2. The molecule has 0 bridgehead atoms. The van der Waals surface area contributed by atoms with E-state index in [4.69, 9.17) is 0 Å². The first kappa shape index (κ1) is 26.9. The number of hydrogen-bond donors (Lipinski definition) is 1. The quantitative estimate of drug-likeness (QED) is 0.589. The van der Waals surface area contributed by atoms with Crippen LogP contribution in [0.1, 0.15) is 24.0 Å². The number of allylic oxidation sites excluding steroid dienone is 1. The average molecular weight is 557 g/mol. The van der Waals surface area contributed by atoms with Crippen molar-refractivity contribution in [3.63, 3.8) is 0 Å². The van der Waals surface area contributed by atoms with Gasteiger partial charge in [0.2, 0.25) is 5.91 Å². The Kier molecular flexibility index (Phi) is 6.74. The van der Waals surface area contributed by atoms with Gasteiger partial charge in [0.15, 0.2) is 9.84 Å². The zero-order valence-electron chi connectivity index (χ0n) is 22.2. The van der Waals surface area contributed by atoms with Gasteiger partial charge in [0.05, 0.1) is 28.7 Å². The summed E-state index contributed by atoms with van der Waals surface area (Å²) in [6, 6.07) is 4.63. The molecule has 39 heavy (non-hydrogen) atoms. The van der Waals surface area contributed by atoms with E-state index in [1.54, 1.807) is 50.6 Å². The minimum absolute atomic E-state index is 0.0455. The molecule has 3 aliphatic rings. The summed E-state index contributed by atoms with van der Waals surface area (Å²) in [6.07, 6.45) is 6.95. The van der Waals surface area contributed by atoms with Crippen molar-refractivity contribution < 1.29 is 22.0 Å². The third kappa shape index (κ3) is 4.91. The maximum atomic E-state index is 15.1. The van der Waals surface area contributed by atoms with E-state index < -0.39 is 27.5 Å². The standard InChI is InChI=1S/C28H30F2N4O4S/c1-32(2)23(35)8-5-16-13-31-26-24-17(14-34(27(16)24)22-7-6-19(29)12-21(22)30)11-18(15-39(4,37)38)20-9-10-33(3)28(36)25(20)26/h6-7,9-12,14,16,27,31H,5,8,13,15H2,1-4H3. The van der Waals surface area contributed by atoms with Gasteiger partial charge >= 0.3 is 0 Å². The predicted octanol–water partition coefficient (Wildman–Crippen LogP) is 2.68. The van der Waals surface area contributed by atoms with Gasteiger partial charge in [0, 0.05) is 70.3 Å². The van der Waals surface area contributed by atoms with Gasteiger partial charge in [-0.3, -0.25) is 9.59 Å².